The summed E-state index contributed by atoms with van der Waals surface area (Å²) in [5, 5.41) is 8.78. The summed E-state index contributed by atoms with van der Waals surface area (Å²) < 4.78 is 25.3. The average molecular weight is 394 g/mol. The van der Waals surface area contributed by atoms with Crippen LogP contribution in [0.2, 0.25) is 0 Å². The lowest BCUT2D eigenvalue weighted by molar-refractivity contribution is 0.0538. The van der Waals surface area contributed by atoms with Crippen molar-refractivity contribution in [3.8, 4) is 0 Å². The van der Waals surface area contributed by atoms with Crippen molar-refractivity contribution in [3.05, 3.63) is 83.3 Å². The molecule has 2 aliphatic heterocycles. The van der Waals surface area contributed by atoms with Gasteiger partial charge in [0.1, 0.15) is 11.9 Å². The van der Waals surface area contributed by atoms with Crippen molar-refractivity contribution >= 4 is 0 Å². The van der Waals surface area contributed by atoms with Crippen molar-refractivity contribution in [2.75, 3.05) is 13.2 Å². The molecule has 0 saturated carbocycles. The Kier molecular flexibility index (Phi) is 4.87. The van der Waals surface area contributed by atoms with Gasteiger partial charge in [0.05, 0.1) is 5.41 Å². The number of nitrogens with one attached hydrogen (secondary N) is 2. The molecule has 0 spiro atoms. The second-order valence-electron chi connectivity index (χ2n) is 7.69. The molecule has 6 nitrogen and oxygen atoms in total. The highest BCUT2D eigenvalue weighted by atomic mass is 19.1. The van der Waals surface area contributed by atoms with Crippen LogP contribution in [0.3, 0.4) is 0 Å². The van der Waals surface area contributed by atoms with Gasteiger partial charge in [0, 0.05) is 19.3 Å². The van der Waals surface area contributed by atoms with Gasteiger partial charge in [-0.3, -0.25) is 0 Å². The molecule has 0 bridgehead atoms. The third-order valence-electron chi connectivity index (χ3n) is 6.00. The van der Waals surface area contributed by atoms with Crippen molar-refractivity contribution in [1.82, 2.24) is 21.0 Å². The number of aromatic nitrogens is 2. The molecule has 2 atom stereocenters. The Labute approximate surface area is 168 Å². The molecule has 0 aliphatic carbocycles. The molecular weight excluding hydrogens is 371 g/mol. The summed E-state index contributed by atoms with van der Waals surface area (Å²) in [6.45, 7) is 1.21. The summed E-state index contributed by atoms with van der Waals surface area (Å²) in [7, 11) is 0. The Morgan fingerprint density at radius 3 is 2.38 bits per heavy atom. The fraction of sp³-hybridized carbons (Fsp3) is 0.364. The molecule has 1 aromatic heterocycles. The van der Waals surface area contributed by atoms with Crippen LogP contribution in [-0.4, -0.2) is 23.4 Å². The molecule has 2 fully saturated rings. The van der Waals surface area contributed by atoms with Crippen LogP contribution in [0.15, 0.2) is 59.0 Å². The lowest BCUT2D eigenvalue weighted by Gasteiger charge is -2.34. The predicted octanol–water partition coefficient (Wildman–Crippen LogP) is 3.59. The molecule has 3 aromatic rings. The first-order valence-electron chi connectivity index (χ1n) is 9.98. The maximum absolute atomic E-state index is 13.5. The lowest BCUT2D eigenvalue weighted by atomic mass is 9.74. The highest BCUT2D eigenvalue weighted by Crippen LogP contribution is 2.41. The van der Waals surface area contributed by atoms with Gasteiger partial charge in [-0.2, -0.15) is 0 Å². The highest BCUT2D eigenvalue weighted by molar-refractivity contribution is 5.33. The van der Waals surface area contributed by atoms with Gasteiger partial charge < -0.3 is 9.15 Å². The summed E-state index contributed by atoms with van der Waals surface area (Å²) >= 11 is 0. The number of hydrazine groups is 1. The lowest BCUT2D eigenvalue weighted by Crippen LogP contribution is -2.35. The molecule has 29 heavy (non-hydrogen) atoms. The number of benzene rings is 2. The Morgan fingerprint density at radius 1 is 0.897 bits per heavy atom. The van der Waals surface area contributed by atoms with Crippen molar-refractivity contribution in [3.63, 3.8) is 0 Å². The van der Waals surface area contributed by atoms with Crippen molar-refractivity contribution in [2.45, 2.75) is 36.8 Å². The van der Waals surface area contributed by atoms with Gasteiger partial charge in [0.15, 0.2) is 0 Å². The molecule has 3 heterocycles. The molecule has 0 amide bonds. The Morgan fingerprint density at radius 2 is 1.62 bits per heavy atom. The van der Waals surface area contributed by atoms with Crippen molar-refractivity contribution in [1.29, 1.82) is 0 Å². The smallest absolute Gasteiger partial charge is 0.234 e. The molecule has 150 valence electrons. The Balaban J connectivity index is 1.41. The maximum atomic E-state index is 13.5. The van der Waals surface area contributed by atoms with Crippen LogP contribution < -0.4 is 10.9 Å². The molecular formula is C22H23FN4O2. The Bertz CT molecular complexity index is 954. The summed E-state index contributed by atoms with van der Waals surface area (Å²) in [4.78, 5) is 0. The van der Waals surface area contributed by atoms with Gasteiger partial charge in [-0.05, 0) is 42.5 Å². The fourth-order valence-electron chi connectivity index (χ4n) is 4.31. The minimum atomic E-state index is -0.442. The molecule has 2 aliphatic rings. The molecule has 0 radical (unpaired) electrons. The van der Waals surface area contributed by atoms with Crippen molar-refractivity contribution < 1.29 is 13.5 Å². The van der Waals surface area contributed by atoms with E-state index >= 15 is 0 Å². The zero-order chi connectivity index (χ0) is 19.7. The number of hydrogen-bond donors (Lipinski definition) is 2. The van der Waals surface area contributed by atoms with Crippen LogP contribution in [0, 0.1) is 5.82 Å². The standard InChI is InChI=1S/C22H23FN4O2/c23-17-8-6-16(7-9-17)22(10-12-28-13-11-22)21-27-26-20(29-21)19-14-18(24-25-19)15-4-2-1-3-5-15/h1-9,18-19,24-25H,10-14H2. The minimum Gasteiger partial charge on any atom is -0.423 e. The normalized spacial score (nSPS) is 23.9. The van der Waals surface area contributed by atoms with E-state index < -0.39 is 5.41 Å². The van der Waals surface area contributed by atoms with E-state index in [1.165, 1.54) is 17.7 Å². The van der Waals surface area contributed by atoms with Gasteiger partial charge in [-0.15, -0.1) is 10.2 Å². The zero-order valence-corrected chi connectivity index (χ0v) is 16.0. The highest BCUT2D eigenvalue weighted by Gasteiger charge is 2.42. The molecule has 5 rings (SSSR count). The fourth-order valence-corrected chi connectivity index (χ4v) is 4.31. The SMILES string of the molecule is Fc1ccc(C2(c3nnc(C4CC(c5ccccc5)NN4)o3)CCOCC2)cc1. The van der Waals surface area contributed by atoms with Crippen molar-refractivity contribution in [2.24, 2.45) is 0 Å². The van der Waals surface area contributed by atoms with E-state index in [0.29, 0.717) is 25.0 Å². The molecule has 2 aromatic carbocycles. The number of hydrogen-bond acceptors (Lipinski definition) is 6. The van der Waals surface area contributed by atoms with E-state index in [9.17, 15) is 4.39 Å². The van der Waals surface area contributed by atoms with Crippen LogP contribution in [0.4, 0.5) is 4.39 Å². The zero-order valence-electron chi connectivity index (χ0n) is 16.0. The molecule has 2 unspecified atom stereocenters. The van der Waals surface area contributed by atoms with E-state index in [-0.39, 0.29) is 17.9 Å². The van der Waals surface area contributed by atoms with Crippen LogP contribution in [0.5, 0.6) is 0 Å². The topological polar surface area (TPSA) is 72.2 Å². The summed E-state index contributed by atoms with van der Waals surface area (Å²) in [6.07, 6.45) is 2.27. The quantitative estimate of drug-likeness (QED) is 0.705. The van der Waals surface area contributed by atoms with Crippen LogP contribution in [-0.2, 0) is 10.2 Å². The minimum absolute atomic E-state index is 0.0634. The van der Waals surface area contributed by atoms with E-state index in [2.05, 4.69) is 33.2 Å². The Hall–Kier alpha value is -2.61. The van der Waals surface area contributed by atoms with Gasteiger partial charge in [-0.1, -0.05) is 42.5 Å². The third kappa shape index (κ3) is 3.46. The predicted molar refractivity (Wildman–Crippen MR) is 104 cm³/mol. The number of rotatable bonds is 4. The monoisotopic (exact) mass is 394 g/mol. The molecule has 2 N–H and O–H groups in total. The average Bonchev–Trinajstić information content (AvgIpc) is 3.45. The first-order chi connectivity index (χ1) is 14.2. The second kappa shape index (κ2) is 7.67. The first kappa shape index (κ1) is 18.4. The maximum Gasteiger partial charge on any atom is 0.234 e. The number of ether oxygens (including phenoxy) is 1. The molecule has 2 saturated heterocycles. The van der Waals surface area contributed by atoms with E-state index in [0.717, 1.165) is 24.8 Å². The summed E-state index contributed by atoms with van der Waals surface area (Å²) in [5.41, 5.74) is 8.35. The van der Waals surface area contributed by atoms with Gasteiger partial charge in [0.25, 0.3) is 0 Å². The van der Waals surface area contributed by atoms with Gasteiger partial charge in [0.2, 0.25) is 11.8 Å². The van der Waals surface area contributed by atoms with Crippen LogP contribution in [0.25, 0.3) is 0 Å². The van der Waals surface area contributed by atoms with E-state index in [1.807, 2.05) is 30.3 Å². The van der Waals surface area contributed by atoms with Crippen LogP contribution in [0.1, 0.15) is 54.3 Å². The van der Waals surface area contributed by atoms with E-state index in [1.54, 1.807) is 0 Å². The van der Waals surface area contributed by atoms with E-state index in [4.69, 9.17) is 9.15 Å². The van der Waals surface area contributed by atoms with Gasteiger partial charge in [-0.25, -0.2) is 15.2 Å². The largest absolute Gasteiger partial charge is 0.423 e. The summed E-state index contributed by atoms with van der Waals surface area (Å²) in [5.74, 6) is 0.890. The van der Waals surface area contributed by atoms with Gasteiger partial charge >= 0.3 is 0 Å². The second-order valence-corrected chi connectivity index (χ2v) is 7.69. The number of halogens is 1. The third-order valence-corrected chi connectivity index (χ3v) is 6.00. The summed E-state index contributed by atoms with van der Waals surface area (Å²) in [6, 6.07) is 17.0. The van der Waals surface area contributed by atoms with Crippen LogP contribution >= 0.6 is 0 Å². The first-order valence-corrected chi connectivity index (χ1v) is 9.98. The molecule has 7 heteroatoms. The number of nitrogens with zero attached hydrogens (tertiary/aromatic N) is 2.